The van der Waals surface area contributed by atoms with Crippen LogP contribution in [0.3, 0.4) is 0 Å². The lowest BCUT2D eigenvalue weighted by atomic mass is 9.89. The van der Waals surface area contributed by atoms with Gasteiger partial charge in [0, 0.05) is 18.0 Å². The van der Waals surface area contributed by atoms with Crippen LogP contribution in [0.2, 0.25) is 0 Å². The summed E-state index contributed by atoms with van der Waals surface area (Å²) < 4.78 is 5.48. The molecule has 0 saturated heterocycles. The van der Waals surface area contributed by atoms with Gasteiger partial charge in [-0.1, -0.05) is 18.2 Å². The quantitative estimate of drug-likeness (QED) is 0.880. The van der Waals surface area contributed by atoms with E-state index in [9.17, 15) is 4.79 Å². The first kappa shape index (κ1) is 12.2. The van der Waals surface area contributed by atoms with Crippen LogP contribution >= 0.6 is 0 Å². The topological polar surface area (TPSA) is 67.0 Å². The normalized spacial score (nSPS) is 22.2. The van der Waals surface area contributed by atoms with Gasteiger partial charge in [-0.3, -0.25) is 9.89 Å². The Labute approximate surface area is 111 Å². The number of hydrogen-bond donors (Lipinski definition) is 2. The van der Waals surface area contributed by atoms with Gasteiger partial charge in [-0.05, 0) is 25.8 Å². The van der Waals surface area contributed by atoms with Crippen molar-refractivity contribution >= 4 is 16.8 Å². The maximum Gasteiger partial charge on any atom is 0.272 e. The fourth-order valence-corrected chi connectivity index (χ4v) is 2.45. The predicted molar refractivity (Wildman–Crippen MR) is 72.0 cm³/mol. The van der Waals surface area contributed by atoms with Gasteiger partial charge in [0.2, 0.25) is 0 Å². The number of aromatic nitrogens is 2. The van der Waals surface area contributed by atoms with Crippen LogP contribution in [0.15, 0.2) is 24.3 Å². The smallest absolute Gasteiger partial charge is 0.272 e. The van der Waals surface area contributed by atoms with Crippen molar-refractivity contribution in [3.05, 3.63) is 30.0 Å². The number of carbonyl (C=O) groups excluding carboxylic acids is 1. The molecule has 0 unspecified atom stereocenters. The number of para-hydroxylation sites is 1. The third kappa shape index (κ3) is 2.33. The molecule has 0 bridgehead atoms. The van der Waals surface area contributed by atoms with Crippen molar-refractivity contribution in [2.75, 3.05) is 6.61 Å². The van der Waals surface area contributed by atoms with Gasteiger partial charge < -0.3 is 10.1 Å². The van der Waals surface area contributed by atoms with E-state index in [1.807, 2.05) is 31.2 Å². The van der Waals surface area contributed by atoms with E-state index < -0.39 is 0 Å². The number of H-pyrrole nitrogens is 1. The van der Waals surface area contributed by atoms with Crippen LogP contribution in [-0.4, -0.2) is 34.9 Å². The van der Waals surface area contributed by atoms with Crippen LogP contribution in [-0.2, 0) is 4.74 Å². The minimum atomic E-state index is -0.114. The average Bonchev–Trinajstić information content (AvgIpc) is 2.80. The summed E-state index contributed by atoms with van der Waals surface area (Å²) in [7, 11) is 0. The number of rotatable bonds is 4. The van der Waals surface area contributed by atoms with Gasteiger partial charge >= 0.3 is 0 Å². The number of carbonyl (C=O) groups is 1. The van der Waals surface area contributed by atoms with E-state index in [2.05, 4.69) is 15.5 Å². The Morgan fingerprint density at radius 2 is 2.26 bits per heavy atom. The maximum atomic E-state index is 12.2. The zero-order valence-electron chi connectivity index (χ0n) is 10.8. The second kappa shape index (κ2) is 5.01. The van der Waals surface area contributed by atoms with Gasteiger partial charge in [0.05, 0.1) is 11.6 Å². The summed E-state index contributed by atoms with van der Waals surface area (Å²) in [6.45, 7) is 2.72. The first-order valence-electron chi connectivity index (χ1n) is 6.63. The molecule has 100 valence electrons. The van der Waals surface area contributed by atoms with Crippen molar-refractivity contribution in [2.24, 2.45) is 0 Å². The average molecular weight is 259 g/mol. The highest BCUT2D eigenvalue weighted by Gasteiger charge is 2.31. The van der Waals surface area contributed by atoms with Gasteiger partial charge in [-0.15, -0.1) is 0 Å². The highest BCUT2D eigenvalue weighted by Crippen LogP contribution is 2.24. The number of fused-ring (bicyclic) bond motifs is 1. The summed E-state index contributed by atoms with van der Waals surface area (Å²) in [5.74, 6) is -0.114. The van der Waals surface area contributed by atoms with Crippen molar-refractivity contribution in [3.63, 3.8) is 0 Å². The molecule has 5 nitrogen and oxygen atoms in total. The van der Waals surface area contributed by atoms with Crippen LogP contribution < -0.4 is 5.32 Å². The predicted octanol–water partition coefficient (Wildman–Crippen LogP) is 1.86. The van der Waals surface area contributed by atoms with E-state index in [1.54, 1.807) is 0 Å². The number of hydrogen-bond acceptors (Lipinski definition) is 3. The summed E-state index contributed by atoms with van der Waals surface area (Å²) in [6, 6.07) is 7.84. The lowest BCUT2D eigenvalue weighted by Crippen LogP contribution is -2.47. The molecule has 2 N–H and O–H groups in total. The monoisotopic (exact) mass is 259 g/mol. The fourth-order valence-electron chi connectivity index (χ4n) is 2.45. The molecular formula is C14H17N3O2. The first-order valence-corrected chi connectivity index (χ1v) is 6.63. The Balaban J connectivity index is 1.65. The number of benzene rings is 1. The zero-order valence-corrected chi connectivity index (χ0v) is 10.8. The number of ether oxygens (including phenoxy) is 1. The van der Waals surface area contributed by atoms with Crippen LogP contribution in [0.1, 0.15) is 30.3 Å². The number of aromatic amines is 1. The molecule has 1 fully saturated rings. The highest BCUT2D eigenvalue weighted by molar-refractivity contribution is 6.04. The van der Waals surface area contributed by atoms with E-state index in [0.29, 0.717) is 11.8 Å². The van der Waals surface area contributed by atoms with E-state index in [1.165, 1.54) is 0 Å². The van der Waals surface area contributed by atoms with Gasteiger partial charge in [-0.2, -0.15) is 5.10 Å². The molecular weight excluding hydrogens is 242 g/mol. The van der Waals surface area contributed by atoms with E-state index >= 15 is 0 Å². The summed E-state index contributed by atoms with van der Waals surface area (Å²) in [4.78, 5) is 12.2. The molecule has 5 heteroatoms. The third-order valence-corrected chi connectivity index (χ3v) is 3.52. The van der Waals surface area contributed by atoms with Crippen molar-refractivity contribution in [1.29, 1.82) is 0 Å². The molecule has 1 aliphatic rings. The van der Waals surface area contributed by atoms with Gasteiger partial charge in [0.25, 0.3) is 5.91 Å². The molecule has 19 heavy (non-hydrogen) atoms. The first-order chi connectivity index (χ1) is 9.28. The molecule has 0 radical (unpaired) electrons. The van der Waals surface area contributed by atoms with Crippen LogP contribution in [0.25, 0.3) is 10.9 Å². The largest absolute Gasteiger partial charge is 0.378 e. The van der Waals surface area contributed by atoms with E-state index in [4.69, 9.17) is 4.74 Å². The molecule has 1 amide bonds. The lowest BCUT2D eigenvalue weighted by Gasteiger charge is -2.35. The molecule has 2 aromatic rings. The Hall–Kier alpha value is -1.88. The van der Waals surface area contributed by atoms with E-state index in [0.717, 1.165) is 30.4 Å². The minimum absolute atomic E-state index is 0.114. The van der Waals surface area contributed by atoms with Gasteiger partial charge in [0.15, 0.2) is 5.69 Å². The molecule has 0 spiro atoms. The Kier molecular flexibility index (Phi) is 3.21. The molecule has 1 heterocycles. The van der Waals surface area contributed by atoms with Crippen LogP contribution in [0, 0.1) is 0 Å². The fraction of sp³-hybridized carbons (Fsp3) is 0.429. The third-order valence-electron chi connectivity index (χ3n) is 3.52. The molecule has 3 rings (SSSR count). The molecule has 0 atom stereocenters. The SMILES string of the molecule is CCOC1CC(NC(=O)c2n[nH]c3ccccc23)C1. The number of nitrogens with one attached hydrogen (secondary N) is 2. The summed E-state index contributed by atoms with van der Waals surface area (Å²) in [5.41, 5.74) is 1.35. The van der Waals surface area contributed by atoms with Crippen molar-refractivity contribution in [1.82, 2.24) is 15.5 Å². The lowest BCUT2D eigenvalue weighted by molar-refractivity contribution is -0.00865. The number of amides is 1. The highest BCUT2D eigenvalue weighted by atomic mass is 16.5. The summed E-state index contributed by atoms with van der Waals surface area (Å²) >= 11 is 0. The Morgan fingerprint density at radius 3 is 3.05 bits per heavy atom. The standard InChI is InChI=1S/C14H17N3O2/c1-2-19-10-7-9(8-10)15-14(18)13-11-5-3-4-6-12(11)16-17-13/h3-6,9-10H,2,7-8H2,1H3,(H,15,18)(H,16,17). The van der Waals surface area contributed by atoms with Gasteiger partial charge in [-0.25, -0.2) is 0 Å². The zero-order chi connectivity index (χ0) is 13.2. The number of nitrogens with zero attached hydrogens (tertiary/aromatic N) is 1. The Morgan fingerprint density at radius 1 is 1.47 bits per heavy atom. The minimum Gasteiger partial charge on any atom is -0.378 e. The molecule has 1 aromatic heterocycles. The van der Waals surface area contributed by atoms with Crippen LogP contribution in [0.4, 0.5) is 0 Å². The second-order valence-electron chi connectivity index (χ2n) is 4.84. The van der Waals surface area contributed by atoms with Crippen molar-refractivity contribution < 1.29 is 9.53 Å². The van der Waals surface area contributed by atoms with Gasteiger partial charge in [0.1, 0.15) is 0 Å². The van der Waals surface area contributed by atoms with Crippen LogP contribution in [0.5, 0.6) is 0 Å². The maximum absolute atomic E-state index is 12.2. The summed E-state index contributed by atoms with van der Waals surface area (Å²) in [5, 5.41) is 10.8. The molecule has 1 aliphatic carbocycles. The Bertz CT molecular complexity index is 587. The van der Waals surface area contributed by atoms with Crippen molar-refractivity contribution in [3.8, 4) is 0 Å². The van der Waals surface area contributed by atoms with E-state index in [-0.39, 0.29) is 11.9 Å². The molecule has 0 aliphatic heterocycles. The summed E-state index contributed by atoms with van der Waals surface area (Å²) in [6.07, 6.45) is 2.08. The molecule has 1 saturated carbocycles. The molecule has 1 aromatic carbocycles. The van der Waals surface area contributed by atoms with Crippen molar-refractivity contribution in [2.45, 2.75) is 31.9 Å². The second-order valence-corrected chi connectivity index (χ2v) is 4.84.